The van der Waals surface area contributed by atoms with Crippen LogP contribution in [0.25, 0.3) is 11.0 Å². The van der Waals surface area contributed by atoms with Crippen LogP contribution in [0.3, 0.4) is 0 Å². The van der Waals surface area contributed by atoms with Gasteiger partial charge in [0.25, 0.3) is 5.56 Å². The van der Waals surface area contributed by atoms with Crippen LogP contribution in [0.15, 0.2) is 41.5 Å². The SMILES string of the molecule is Cc1cc2ncc(CN3CCN(c4ccc(C#N)nc4)CC3)cc2[nH]c1=O.[HH]. The van der Waals surface area contributed by atoms with Crippen LogP contribution in [0, 0.1) is 18.3 Å². The zero-order chi connectivity index (χ0) is 18.8. The summed E-state index contributed by atoms with van der Waals surface area (Å²) >= 11 is 0. The maximum atomic E-state index is 11.8. The molecule has 0 radical (unpaired) electrons. The Morgan fingerprint density at radius 3 is 2.70 bits per heavy atom. The van der Waals surface area contributed by atoms with Crippen molar-refractivity contribution in [3.8, 4) is 6.07 Å². The number of aromatic nitrogens is 3. The number of piperazine rings is 1. The normalized spacial score (nSPS) is 15.0. The first-order chi connectivity index (χ1) is 13.1. The lowest BCUT2D eigenvalue weighted by Crippen LogP contribution is -2.46. The predicted octanol–water partition coefficient (Wildman–Crippen LogP) is 2.07. The molecule has 3 aromatic rings. The molecule has 3 aromatic heterocycles. The molecule has 0 aromatic carbocycles. The van der Waals surface area contributed by atoms with Crippen LogP contribution < -0.4 is 10.5 Å². The second-order valence-corrected chi connectivity index (χ2v) is 6.83. The third-order valence-corrected chi connectivity index (χ3v) is 4.94. The van der Waals surface area contributed by atoms with Crippen LogP contribution >= 0.6 is 0 Å². The van der Waals surface area contributed by atoms with Gasteiger partial charge in [-0.15, -0.1) is 0 Å². The van der Waals surface area contributed by atoms with Crippen molar-refractivity contribution in [2.45, 2.75) is 13.5 Å². The molecule has 0 spiro atoms. The van der Waals surface area contributed by atoms with Crippen LogP contribution in [0.2, 0.25) is 0 Å². The molecule has 0 atom stereocenters. The van der Waals surface area contributed by atoms with Gasteiger partial charge in [0.2, 0.25) is 0 Å². The molecular formula is C20H22N6O. The van der Waals surface area contributed by atoms with Crippen LogP contribution in [-0.2, 0) is 6.54 Å². The lowest BCUT2D eigenvalue weighted by molar-refractivity contribution is 0.249. The number of hydrogen-bond donors (Lipinski definition) is 1. The van der Waals surface area contributed by atoms with E-state index in [1.54, 1.807) is 19.2 Å². The summed E-state index contributed by atoms with van der Waals surface area (Å²) in [7, 11) is 0. The molecule has 1 aliphatic rings. The molecule has 4 rings (SSSR count). The number of anilines is 1. The maximum Gasteiger partial charge on any atom is 0.251 e. The molecule has 0 saturated carbocycles. The second-order valence-electron chi connectivity index (χ2n) is 6.83. The molecular weight excluding hydrogens is 340 g/mol. The first kappa shape index (κ1) is 17.2. The average Bonchev–Trinajstić information content (AvgIpc) is 2.70. The highest BCUT2D eigenvalue weighted by atomic mass is 16.1. The number of nitriles is 1. The smallest absolute Gasteiger partial charge is 0.251 e. The molecule has 7 heteroatoms. The van der Waals surface area contributed by atoms with Crippen LogP contribution in [0.1, 0.15) is 18.2 Å². The fraction of sp³-hybridized carbons (Fsp3) is 0.300. The minimum atomic E-state index is -0.0638. The van der Waals surface area contributed by atoms with Crippen LogP contribution in [0.5, 0.6) is 0 Å². The quantitative estimate of drug-likeness (QED) is 0.767. The molecule has 7 nitrogen and oxygen atoms in total. The van der Waals surface area contributed by atoms with Crippen molar-refractivity contribution in [3.63, 3.8) is 0 Å². The summed E-state index contributed by atoms with van der Waals surface area (Å²) in [6.45, 7) is 6.27. The molecule has 1 saturated heterocycles. The number of rotatable bonds is 3. The van der Waals surface area contributed by atoms with Gasteiger partial charge in [-0.3, -0.25) is 14.7 Å². The summed E-state index contributed by atoms with van der Waals surface area (Å²) in [6.07, 6.45) is 3.65. The second kappa shape index (κ2) is 7.17. The number of H-pyrrole nitrogens is 1. The molecule has 1 fully saturated rings. The molecule has 0 unspecified atom stereocenters. The van der Waals surface area contributed by atoms with Gasteiger partial charge < -0.3 is 9.88 Å². The van der Waals surface area contributed by atoms with E-state index in [4.69, 9.17) is 5.26 Å². The number of nitrogens with one attached hydrogen (secondary N) is 1. The number of aryl methyl sites for hydroxylation is 1. The Morgan fingerprint density at radius 2 is 2.00 bits per heavy atom. The molecule has 27 heavy (non-hydrogen) atoms. The first-order valence-corrected chi connectivity index (χ1v) is 8.94. The van der Waals surface area contributed by atoms with Crippen molar-refractivity contribution in [3.05, 3.63) is 63.8 Å². The molecule has 0 amide bonds. The van der Waals surface area contributed by atoms with Crippen molar-refractivity contribution < 1.29 is 1.43 Å². The third kappa shape index (κ3) is 3.66. The maximum absolute atomic E-state index is 11.8. The van der Waals surface area contributed by atoms with E-state index < -0.39 is 0 Å². The highest BCUT2D eigenvalue weighted by Gasteiger charge is 2.18. The van der Waals surface area contributed by atoms with E-state index >= 15 is 0 Å². The molecule has 0 bridgehead atoms. The lowest BCUT2D eigenvalue weighted by atomic mass is 10.2. The number of hydrogen-bond acceptors (Lipinski definition) is 6. The van der Waals surface area contributed by atoms with Gasteiger partial charge in [0.05, 0.1) is 22.9 Å². The Morgan fingerprint density at radius 1 is 1.19 bits per heavy atom. The van der Waals surface area contributed by atoms with Gasteiger partial charge in [-0.05, 0) is 36.8 Å². The van der Waals surface area contributed by atoms with E-state index in [0.29, 0.717) is 11.3 Å². The third-order valence-electron chi connectivity index (χ3n) is 4.94. The Balaban J connectivity index is 0.00000225. The van der Waals surface area contributed by atoms with Gasteiger partial charge in [-0.1, -0.05) is 0 Å². The number of aromatic amines is 1. The van der Waals surface area contributed by atoms with E-state index in [0.717, 1.165) is 55.0 Å². The zero-order valence-corrected chi connectivity index (χ0v) is 15.1. The minimum absolute atomic E-state index is 0. The highest BCUT2D eigenvalue weighted by Crippen LogP contribution is 2.17. The Labute approximate surface area is 158 Å². The van der Waals surface area contributed by atoms with E-state index in [9.17, 15) is 4.79 Å². The van der Waals surface area contributed by atoms with E-state index in [1.807, 2.05) is 30.5 Å². The van der Waals surface area contributed by atoms with Crippen molar-refractivity contribution in [1.29, 1.82) is 5.26 Å². The van der Waals surface area contributed by atoms with Crippen LogP contribution in [0.4, 0.5) is 5.69 Å². The molecule has 1 N–H and O–H groups in total. The minimum Gasteiger partial charge on any atom is -0.368 e. The van der Waals surface area contributed by atoms with Crippen molar-refractivity contribution in [1.82, 2.24) is 19.9 Å². The summed E-state index contributed by atoms with van der Waals surface area (Å²) in [5, 5.41) is 8.85. The number of nitrogens with zero attached hydrogens (tertiary/aromatic N) is 5. The fourth-order valence-electron chi connectivity index (χ4n) is 3.37. The van der Waals surface area contributed by atoms with Crippen LogP contribution in [-0.4, -0.2) is 46.0 Å². The molecule has 138 valence electrons. The van der Waals surface area contributed by atoms with Gasteiger partial charge in [0.15, 0.2) is 0 Å². The lowest BCUT2D eigenvalue weighted by Gasteiger charge is -2.35. The number of pyridine rings is 3. The van der Waals surface area contributed by atoms with Crippen molar-refractivity contribution >= 4 is 16.7 Å². The van der Waals surface area contributed by atoms with Gasteiger partial charge in [0.1, 0.15) is 11.8 Å². The molecule has 4 heterocycles. The van der Waals surface area contributed by atoms with Gasteiger partial charge in [-0.2, -0.15) is 5.26 Å². The van der Waals surface area contributed by atoms with Gasteiger partial charge in [-0.25, -0.2) is 4.98 Å². The van der Waals surface area contributed by atoms with Crippen molar-refractivity contribution in [2.24, 2.45) is 0 Å². The van der Waals surface area contributed by atoms with Gasteiger partial charge in [0, 0.05) is 45.9 Å². The molecule has 0 aliphatic carbocycles. The summed E-state index contributed by atoms with van der Waals surface area (Å²) in [5.74, 6) is 0. The van der Waals surface area contributed by atoms with Gasteiger partial charge >= 0.3 is 0 Å². The summed E-state index contributed by atoms with van der Waals surface area (Å²) in [6, 6.07) is 9.59. The summed E-state index contributed by atoms with van der Waals surface area (Å²) < 4.78 is 0. The highest BCUT2D eigenvalue weighted by molar-refractivity contribution is 5.74. The van der Waals surface area contributed by atoms with Crippen molar-refractivity contribution in [2.75, 3.05) is 31.1 Å². The molecule has 1 aliphatic heterocycles. The largest absolute Gasteiger partial charge is 0.368 e. The van der Waals surface area contributed by atoms with E-state index in [-0.39, 0.29) is 6.99 Å². The first-order valence-electron chi connectivity index (χ1n) is 8.94. The standard InChI is InChI=1S/C20H20N6O.H2/c1-14-8-18-19(24-20(14)27)9-15(11-23-18)13-25-4-6-26(7-5-25)17-3-2-16(10-21)22-12-17;/h2-3,8-9,11-12H,4-7,13H2,1H3,(H,24,27);1H. The monoisotopic (exact) mass is 362 g/mol. The average molecular weight is 362 g/mol. The Bertz CT molecular complexity index is 1060. The Hall–Kier alpha value is -3.24. The number of fused-ring (bicyclic) bond motifs is 1. The zero-order valence-electron chi connectivity index (χ0n) is 15.1. The topological polar surface area (TPSA) is 88.9 Å². The fourth-order valence-corrected chi connectivity index (χ4v) is 3.37. The van der Waals surface area contributed by atoms with E-state index in [2.05, 4.69) is 24.8 Å². The summed E-state index contributed by atoms with van der Waals surface area (Å²) in [4.78, 5) is 28.0. The Kier molecular flexibility index (Phi) is 4.57. The predicted molar refractivity (Wildman–Crippen MR) is 106 cm³/mol. The summed E-state index contributed by atoms with van der Waals surface area (Å²) in [5.41, 5.74) is 4.79. The van der Waals surface area contributed by atoms with E-state index in [1.165, 1.54) is 0 Å².